The molecule has 1 aromatic rings. The van der Waals surface area contributed by atoms with E-state index in [0.29, 0.717) is 5.56 Å². The molecule has 0 saturated heterocycles. The molecule has 0 aliphatic carbocycles. The molecule has 0 atom stereocenters. The van der Waals surface area contributed by atoms with Crippen LogP contribution < -0.4 is 0 Å². The highest BCUT2D eigenvalue weighted by Crippen LogP contribution is 2.31. The monoisotopic (exact) mass is 264 g/mol. The molecular formula is C10H10F2O4S. The van der Waals surface area contributed by atoms with E-state index in [4.69, 9.17) is 5.11 Å². The third-order valence-electron chi connectivity index (χ3n) is 2.22. The van der Waals surface area contributed by atoms with Gasteiger partial charge in [-0.05, 0) is 31.0 Å². The minimum Gasteiger partial charge on any atom is -0.476 e. The van der Waals surface area contributed by atoms with Crippen LogP contribution in [-0.4, -0.2) is 24.7 Å². The van der Waals surface area contributed by atoms with Gasteiger partial charge in [-0.3, -0.25) is 0 Å². The third kappa shape index (κ3) is 2.14. The minimum absolute atomic E-state index is 0.0801. The molecule has 1 aromatic carbocycles. The van der Waals surface area contributed by atoms with Crippen molar-refractivity contribution in [3.63, 3.8) is 0 Å². The molecule has 0 fully saturated rings. The lowest BCUT2D eigenvalue weighted by molar-refractivity contribution is -0.153. The summed E-state index contributed by atoms with van der Waals surface area (Å²) < 4.78 is 49.3. The first-order valence-corrected chi connectivity index (χ1v) is 6.02. The van der Waals surface area contributed by atoms with Crippen LogP contribution >= 0.6 is 0 Å². The quantitative estimate of drug-likeness (QED) is 0.902. The summed E-state index contributed by atoms with van der Waals surface area (Å²) in [5, 5.41) is 3.44. The highest BCUT2D eigenvalue weighted by Gasteiger charge is 2.54. The molecular weight excluding hydrogens is 254 g/mol. The molecule has 0 radical (unpaired) electrons. The number of hydrogen-bond acceptors (Lipinski definition) is 3. The first kappa shape index (κ1) is 13.6. The maximum absolute atomic E-state index is 13.1. The van der Waals surface area contributed by atoms with Gasteiger partial charge in [0.05, 0.1) is 4.90 Å². The zero-order valence-corrected chi connectivity index (χ0v) is 9.88. The van der Waals surface area contributed by atoms with Gasteiger partial charge in [-0.2, -0.15) is 8.78 Å². The van der Waals surface area contributed by atoms with Gasteiger partial charge in [0.25, 0.3) is 9.84 Å². The number of aryl methyl sites for hydroxylation is 2. The molecule has 0 bridgehead atoms. The van der Waals surface area contributed by atoms with Gasteiger partial charge >= 0.3 is 11.2 Å². The molecule has 0 aliphatic rings. The van der Waals surface area contributed by atoms with Crippen LogP contribution in [0.5, 0.6) is 0 Å². The molecule has 1 N–H and O–H groups in total. The number of carbonyl (C=O) groups is 1. The molecule has 0 saturated carbocycles. The number of sulfone groups is 1. The molecule has 17 heavy (non-hydrogen) atoms. The Balaban J connectivity index is 3.52. The van der Waals surface area contributed by atoms with E-state index in [-0.39, 0.29) is 5.56 Å². The highest BCUT2D eigenvalue weighted by molar-refractivity contribution is 7.93. The van der Waals surface area contributed by atoms with Gasteiger partial charge in [-0.25, -0.2) is 13.2 Å². The van der Waals surface area contributed by atoms with Gasteiger partial charge in [0.15, 0.2) is 0 Å². The minimum atomic E-state index is -5.22. The van der Waals surface area contributed by atoms with Crippen LogP contribution in [0.2, 0.25) is 0 Å². The molecule has 4 nitrogen and oxygen atoms in total. The number of alkyl halides is 2. The maximum Gasteiger partial charge on any atom is 0.444 e. The lowest BCUT2D eigenvalue weighted by Gasteiger charge is -2.14. The normalized spacial score (nSPS) is 12.5. The van der Waals surface area contributed by atoms with Crippen LogP contribution in [0.15, 0.2) is 23.1 Å². The smallest absolute Gasteiger partial charge is 0.444 e. The van der Waals surface area contributed by atoms with Crippen LogP contribution in [-0.2, 0) is 14.6 Å². The fourth-order valence-electron chi connectivity index (χ4n) is 1.25. The Hall–Kier alpha value is -1.50. The Morgan fingerprint density at radius 3 is 2.29 bits per heavy atom. The number of rotatable bonds is 3. The Kier molecular flexibility index (Phi) is 3.24. The number of hydrogen-bond donors (Lipinski definition) is 1. The van der Waals surface area contributed by atoms with Crippen LogP contribution in [0.4, 0.5) is 8.78 Å². The Labute approximate surface area is 96.8 Å². The molecule has 0 spiro atoms. The lowest BCUT2D eigenvalue weighted by atomic mass is 10.2. The number of carboxylic acid groups (broad SMARTS) is 1. The summed E-state index contributed by atoms with van der Waals surface area (Å²) in [6, 6.07) is 3.93. The largest absolute Gasteiger partial charge is 0.476 e. The zero-order chi connectivity index (χ0) is 13.4. The molecule has 0 aromatic heterocycles. The first-order valence-electron chi connectivity index (χ1n) is 4.54. The second-order valence-electron chi connectivity index (χ2n) is 3.59. The van der Waals surface area contributed by atoms with E-state index in [0.717, 1.165) is 6.07 Å². The summed E-state index contributed by atoms with van der Waals surface area (Å²) in [6.45, 7) is 2.85. The van der Waals surface area contributed by atoms with Crippen molar-refractivity contribution in [3.05, 3.63) is 29.3 Å². The predicted octanol–water partition coefficient (Wildman–Crippen LogP) is 1.75. The predicted molar refractivity (Wildman–Crippen MR) is 55.7 cm³/mol. The van der Waals surface area contributed by atoms with E-state index < -0.39 is 26.0 Å². The van der Waals surface area contributed by atoms with Crippen molar-refractivity contribution < 1.29 is 27.1 Å². The third-order valence-corrected chi connectivity index (χ3v) is 4.09. The summed E-state index contributed by atoms with van der Waals surface area (Å²) in [6.07, 6.45) is 0. The second-order valence-corrected chi connectivity index (χ2v) is 5.55. The van der Waals surface area contributed by atoms with Crippen molar-refractivity contribution in [3.8, 4) is 0 Å². The van der Waals surface area contributed by atoms with Crippen molar-refractivity contribution in [2.45, 2.75) is 24.0 Å². The molecule has 0 unspecified atom stereocenters. The SMILES string of the molecule is Cc1ccc(C)c(S(=O)(=O)C(F)(F)C(=O)O)c1. The topological polar surface area (TPSA) is 71.4 Å². The first-order chi connectivity index (χ1) is 7.60. The fourth-order valence-corrected chi connectivity index (χ4v) is 2.59. The summed E-state index contributed by atoms with van der Waals surface area (Å²) >= 11 is 0. The van der Waals surface area contributed by atoms with Crippen LogP contribution in [0.1, 0.15) is 11.1 Å². The molecule has 7 heteroatoms. The Morgan fingerprint density at radius 1 is 1.29 bits per heavy atom. The van der Waals surface area contributed by atoms with Crippen molar-refractivity contribution in [1.82, 2.24) is 0 Å². The van der Waals surface area contributed by atoms with Gasteiger partial charge in [-0.15, -0.1) is 0 Å². The Morgan fingerprint density at radius 2 is 1.82 bits per heavy atom. The van der Waals surface area contributed by atoms with Gasteiger partial charge in [-0.1, -0.05) is 12.1 Å². The average Bonchev–Trinajstić information content (AvgIpc) is 2.21. The van der Waals surface area contributed by atoms with Crippen molar-refractivity contribution in [2.75, 3.05) is 0 Å². The Bertz CT molecular complexity index is 564. The van der Waals surface area contributed by atoms with E-state index in [2.05, 4.69) is 0 Å². The van der Waals surface area contributed by atoms with E-state index >= 15 is 0 Å². The molecule has 0 heterocycles. The van der Waals surface area contributed by atoms with Crippen LogP contribution in [0.3, 0.4) is 0 Å². The number of carboxylic acids is 1. The second kappa shape index (κ2) is 4.06. The van der Waals surface area contributed by atoms with Crippen LogP contribution in [0, 0.1) is 13.8 Å². The standard InChI is InChI=1S/C10H10F2O4S/c1-6-3-4-7(2)8(5-6)17(15,16)10(11,12)9(13)14/h3-5H,1-2H3,(H,13,14). The van der Waals surface area contributed by atoms with Crippen molar-refractivity contribution in [1.29, 1.82) is 0 Å². The van der Waals surface area contributed by atoms with Crippen molar-refractivity contribution >= 4 is 15.8 Å². The molecule has 1 rings (SSSR count). The van der Waals surface area contributed by atoms with Crippen LogP contribution in [0.25, 0.3) is 0 Å². The maximum atomic E-state index is 13.1. The van der Waals surface area contributed by atoms with Crippen molar-refractivity contribution in [2.24, 2.45) is 0 Å². The van der Waals surface area contributed by atoms with E-state index in [9.17, 15) is 22.0 Å². The summed E-state index contributed by atoms with van der Waals surface area (Å²) in [7, 11) is -5.22. The number of halogens is 2. The molecule has 0 amide bonds. The average molecular weight is 264 g/mol. The number of benzene rings is 1. The summed E-state index contributed by atoms with van der Waals surface area (Å²) in [5.41, 5.74) is 0.534. The highest BCUT2D eigenvalue weighted by atomic mass is 32.2. The van der Waals surface area contributed by atoms with Gasteiger partial charge in [0, 0.05) is 0 Å². The zero-order valence-electron chi connectivity index (χ0n) is 9.07. The van der Waals surface area contributed by atoms with E-state index in [1.807, 2.05) is 0 Å². The summed E-state index contributed by atoms with van der Waals surface area (Å²) in [5.74, 6) is -2.68. The molecule has 94 valence electrons. The van der Waals surface area contributed by atoms with E-state index in [1.54, 1.807) is 6.07 Å². The van der Waals surface area contributed by atoms with Gasteiger partial charge in [0.1, 0.15) is 0 Å². The lowest BCUT2D eigenvalue weighted by Crippen LogP contribution is -2.38. The van der Waals surface area contributed by atoms with E-state index in [1.165, 1.54) is 19.9 Å². The molecule has 0 aliphatic heterocycles. The van der Waals surface area contributed by atoms with Gasteiger partial charge in [0.2, 0.25) is 0 Å². The fraction of sp³-hybridized carbons (Fsp3) is 0.300. The number of aliphatic carboxylic acids is 1. The van der Waals surface area contributed by atoms with Gasteiger partial charge < -0.3 is 5.11 Å². The summed E-state index contributed by atoms with van der Waals surface area (Å²) in [4.78, 5) is 9.65.